The zero-order valence-electron chi connectivity index (χ0n) is 16.8. The molecule has 6 heteroatoms. The second-order valence-electron chi connectivity index (χ2n) is 7.63. The second-order valence-corrected chi connectivity index (χ2v) is 9.80. The largest absolute Gasteiger partial charge is 0.355 e. The summed E-state index contributed by atoms with van der Waals surface area (Å²) in [7, 11) is 0. The third-order valence-electron chi connectivity index (χ3n) is 5.67. The molecule has 2 aromatic carbocycles. The fourth-order valence-electron chi connectivity index (χ4n) is 4.10. The van der Waals surface area contributed by atoms with Gasteiger partial charge in [-0.05, 0) is 36.6 Å². The summed E-state index contributed by atoms with van der Waals surface area (Å²) < 4.78 is 1.20. The lowest BCUT2D eigenvalue weighted by atomic mass is 9.79. The normalized spacial score (nSPS) is 18.8. The molecular formula is C24H25N3OS2. The summed E-state index contributed by atoms with van der Waals surface area (Å²) in [5.41, 5.74) is 2.82. The zero-order valence-corrected chi connectivity index (χ0v) is 18.5. The van der Waals surface area contributed by atoms with Crippen molar-refractivity contribution in [3.05, 3.63) is 64.7 Å². The lowest BCUT2D eigenvalue weighted by molar-refractivity contribution is -0.126. The van der Waals surface area contributed by atoms with Crippen molar-refractivity contribution in [2.75, 3.05) is 12.3 Å². The summed E-state index contributed by atoms with van der Waals surface area (Å²) in [4.78, 5) is 17.8. The van der Waals surface area contributed by atoms with E-state index in [2.05, 4.69) is 23.5 Å². The predicted octanol–water partition coefficient (Wildman–Crippen LogP) is 5.49. The van der Waals surface area contributed by atoms with Crippen molar-refractivity contribution >= 4 is 39.2 Å². The van der Waals surface area contributed by atoms with Crippen molar-refractivity contribution in [3.63, 3.8) is 0 Å². The lowest BCUT2D eigenvalue weighted by Gasteiger charge is -2.29. The molecule has 0 unspecified atom stereocenters. The summed E-state index contributed by atoms with van der Waals surface area (Å²) in [6.45, 7) is 0.654. The Balaban J connectivity index is 1.31. The smallest absolute Gasteiger partial charge is 0.223 e. The van der Waals surface area contributed by atoms with E-state index in [1.165, 1.54) is 11.1 Å². The van der Waals surface area contributed by atoms with Crippen LogP contribution in [0.2, 0.25) is 0 Å². The van der Waals surface area contributed by atoms with E-state index in [9.17, 15) is 10.1 Å². The molecule has 4 nitrogen and oxygen atoms in total. The first kappa shape index (κ1) is 20.9. The molecule has 1 aliphatic carbocycles. The fourth-order valence-corrected chi connectivity index (χ4v) is 6.13. The van der Waals surface area contributed by atoms with Crippen LogP contribution in [0.15, 0.2) is 48.5 Å². The highest BCUT2D eigenvalue weighted by molar-refractivity contribution is 7.98. The third-order valence-corrected chi connectivity index (χ3v) is 7.85. The van der Waals surface area contributed by atoms with Crippen molar-refractivity contribution in [2.45, 2.75) is 37.4 Å². The third kappa shape index (κ3) is 4.85. The van der Waals surface area contributed by atoms with E-state index in [1.807, 2.05) is 36.4 Å². The van der Waals surface area contributed by atoms with Gasteiger partial charge in [-0.3, -0.25) is 4.79 Å². The monoisotopic (exact) mass is 435 g/mol. The van der Waals surface area contributed by atoms with E-state index in [0.717, 1.165) is 52.4 Å². The molecule has 4 rings (SSSR count). The quantitative estimate of drug-likeness (QED) is 0.498. The van der Waals surface area contributed by atoms with Gasteiger partial charge in [0.15, 0.2) is 0 Å². The number of carbonyl (C=O) groups is 1. The molecule has 1 heterocycles. The number of nitrogens with one attached hydrogen (secondary N) is 1. The molecule has 0 saturated heterocycles. The number of aromatic nitrogens is 1. The van der Waals surface area contributed by atoms with Gasteiger partial charge in [-0.15, -0.1) is 11.3 Å². The highest BCUT2D eigenvalue weighted by atomic mass is 32.2. The molecule has 0 aliphatic heterocycles. The van der Waals surface area contributed by atoms with Crippen LogP contribution in [0.25, 0.3) is 10.2 Å². The van der Waals surface area contributed by atoms with Crippen LogP contribution in [-0.4, -0.2) is 23.2 Å². The van der Waals surface area contributed by atoms with Gasteiger partial charge in [-0.1, -0.05) is 43.2 Å². The number of hydrogen-bond donors (Lipinski definition) is 1. The molecule has 1 aliphatic rings. The van der Waals surface area contributed by atoms with Crippen LogP contribution in [0.3, 0.4) is 0 Å². The van der Waals surface area contributed by atoms with Crippen LogP contribution >= 0.6 is 23.1 Å². The maximum atomic E-state index is 12.9. The summed E-state index contributed by atoms with van der Waals surface area (Å²) in [5.74, 6) is 2.04. The van der Waals surface area contributed by atoms with Gasteiger partial charge in [0.2, 0.25) is 5.91 Å². The van der Waals surface area contributed by atoms with Crippen molar-refractivity contribution in [2.24, 2.45) is 5.92 Å². The zero-order chi connectivity index (χ0) is 20.8. The number of nitrogens with zero attached hydrogens (tertiary/aromatic N) is 2. The molecule has 0 bridgehead atoms. The Morgan fingerprint density at radius 3 is 2.83 bits per heavy atom. The summed E-state index contributed by atoms with van der Waals surface area (Å²) >= 11 is 3.48. The van der Waals surface area contributed by atoms with Crippen molar-refractivity contribution in [1.29, 1.82) is 5.26 Å². The SMILES string of the molecule is N#Cc1ccccc1CSCCNC(=O)[C@@H]1CCCC[C@@H]1c1nc2ccccc2s1. The van der Waals surface area contributed by atoms with Crippen LogP contribution in [-0.2, 0) is 10.5 Å². The molecule has 154 valence electrons. The predicted molar refractivity (Wildman–Crippen MR) is 125 cm³/mol. The molecule has 2 atom stereocenters. The van der Waals surface area contributed by atoms with E-state index < -0.39 is 0 Å². The van der Waals surface area contributed by atoms with Gasteiger partial charge in [-0.25, -0.2) is 4.98 Å². The minimum absolute atomic E-state index is 0.0172. The first-order valence-corrected chi connectivity index (χ1v) is 12.4. The fraction of sp³-hybridized carbons (Fsp3) is 0.375. The maximum absolute atomic E-state index is 12.9. The van der Waals surface area contributed by atoms with Crippen LogP contribution in [0.5, 0.6) is 0 Å². The van der Waals surface area contributed by atoms with Crippen LogP contribution in [0.4, 0.5) is 0 Å². The van der Waals surface area contributed by atoms with Gasteiger partial charge in [0.05, 0.1) is 26.9 Å². The van der Waals surface area contributed by atoms with Crippen molar-refractivity contribution in [1.82, 2.24) is 10.3 Å². The number of thioether (sulfide) groups is 1. The Morgan fingerprint density at radius 1 is 1.17 bits per heavy atom. The number of para-hydroxylation sites is 1. The molecule has 1 saturated carbocycles. The molecule has 3 aromatic rings. The van der Waals surface area contributed by atoms with Crippen LogP contribution in [0, 0.1) is 17.2 Å². The number of nitriles is 1. The Hall–Kier alpha value is -2.36. The molecule has 0 radical (unpaired) electrons. The van der Waals surface area contributed by atoms with Gasteiger partial charge in [0.25, 0.3) is 0 Å². The summed E-state index contributed by atoms with van der Waals surface area (Å²) in [6, 6.07) is 18.2. The number of hydrogen-bond acceptors (Lipinski definition) is 5. The van der Waals surface area contributed by atoms with Gasteiger partial charge < -0.3 is 5.32 Å². The van der Waals surface area contributed by atoms with Crippen molar-refractivity contribution < 1.29 is 4.79 Å². The number of benzene rings is 2. The highest BCUT2D eigenvalue weighted by Crippen LogP contribution is 2.40. The van der Waals surface area contributed by atoms with E-state index in [-0.39, 0.29) is 17.7 Å². The molecule has 1 N–H and O–H groups in total. The van der Waals surface area contributed by atoms with E-state index in [4.69, 9.17) is 4.98 Å². The van der Waals surface area contributed by atoms with E-state index >= 15 is 0 Å². The van der Waals surface area contributed by atoms with E-state index in [0.29, 0.717) is 6.54 Å². The number of carbonyl (C=O) groups excluding carboxylic acids is 1. The number of thiazole rings is 1. The van der Waals surface area contributed by atoms with Crippen LogP contribution in [0.1, 0.15) is 47.7 Å². The first-order valence-electron chi connectivity index (χ1n) is 10.4. The standard InChI is InChI=1S/C24H25N3OS2/c25-15-17-7-1-2-8-18(17)16-29-14-13-26-23(28)19-9-3-4-10-20(19)24-27-21-11-5-6-12-22(21)30-24/h1-2,5-8,11-12,19-20H,3-4,9-10,13-14,16H2,(H,26,28)/t19-,20+/m1/s1. The molecule has 1 aromatic heterocycles. The minimum Gasteiger partial charge on any atom is -0.355 e. The van der Waals surface area contributed by atoms with Gasteiger partial charge in [-0.2, -0.15) is 17.0 Å². The average molecular weight is 436 g/mol. The number of amides is 1. The van der Waals surface area contributed by atoms with Gasteiger partial charge >= 0.3 is 0 Å². The van der Waals surface area contributed by atoms with Crippen molar-refractivity contribution in [3.8, 4) is 6.07 Å². The number of rotatable bonds is 7. The number of fused-ring (bicyclic) bond motifs is 1. The van der Waals surface area contributed by atoms with Crippen LogP contribution < -0.4 is 5.32 Å². The molecular weight excluding hydrogens is 410 g/mol. The van der Waals surface area contributed by atoms with Gasteiger partial charge in [0.1, 0.15) is 0 Å². The minimum atomic E-state index is 0.0172. The molecule has 1 fully saturated rings. The second kappa shape index (κ2) is 10.1. The molecule has 30 heavy (non-hydrogen) atoms. The van der Waals surface area contributed by atoms with Gasteiger partial charge in [0, 0.05) is 29.9 Å². The Kier molecular flexibility index (Phi) is 7.03. The average Bonchev–Trinajstić information content (AvgIpc) is 3.23. The summed E-state index contributed by atoms with van der Waals surface area (Å²) in [6.07, 6.45) is 4.25. The maximum Gasteiger partial charge on any atom is 0.223 e. The Bertz CT molecular complexity index is 1020. The Labute approximate surface area is 185 Å². The Morgan fingerprint density at radius 2 is 1.97 bits per heavy atom. The first-order chi connectivity index (χ1) is 14.8. The van der Waals surface area contributed by atoms with E-state index in [1.54, 1.807) is 23.1 Å². The summed E-state index contributed by atoms with van der Waals surface area (Å²) in [5, 5.41) is 13.4. The molecule has 0 spiro atoms. The molecule has 1 amide bonds. The lowest BCUT2D eigenvalue weighted by Crippen LogP contribution is -2.37. The highest BCUT2D eigenvalue weighted by Gasteiger charge is 2.33. The topological polar surface area (TPSA) is 65.8 Å².